The number of hydrogen-bond acceptors (Lipinski definition) is 9. The first-order valence-corrected chi connectivity index (χ1v) is 17.3. The van der Waals surface area contributed by atoms with Crippen molar-refractivity contribution in [1.82, 2.24) is 5.32 Å². The van der Waals surface area contributed by atoms with Crippen molar-refractivity contribution >= 4 is 63.6 Å². The Morgan fingerprint density at radius 2 is 1.65 bits per heavy atom. The van der Waals surface area contributed by atoms with Crippen LogP contribution in [0.15, 0.2) is 83.4 Å². The van der Waals surface area contributed by atoms with Gasteiger partial charge in [0.25, 0.3) is 11.8 Å². The van der Waals surface area contributed by atoms with Gasteiger partial charge in [0.15, 0.2) is 0 Å². The maximum atomic E-state index is 13.7. The fourth-order valence-corrected chi connectivity index (χ4v) is 7.53. The van der Waals surface area contributed by atoms with Crippen LogP contribution in [0.4, 0.5) is 10.7 Å². The quantitative estimate of drug-likeness (QED) is 0.0822. The summed E-state index contributed by atoms with van der Waals surface area (Å²) in [6, 6.07) is 20.8. The number of rotatable bonds is 12. The first kappa shape index (κ1) is 35.2. The molecule has 3 N–H and O–H groups in total. The van der Waals surface area contributed by atoms with E-state index in [1.807, 2.05) is 6.07 Å². The van der Waals surface area contributed by atoms with Crippen molar-refractivity contribution in [1.29, 1.82) is 0 Å². The van der Waals surface area contributed by atoms with Crippen LogP contribution in [0, 0.1) is 0 Å². The molecule has 3 aromatic carbocycles. The van der Waals surface area contributed by atoms with Crippen molar-refractivity contribution in [3.63, 3.8) is 0 Å². The molecule has 0 bridgehead atoms. The molecule has 0 fully saturated rings. The molecular formula is C37H37N3O7S2. The number of aryl methyl sites for hydroxylation is 1. The van der Waals surface area contributed by atoms with Gasteiger partial charge in [-0.3, -0.25) is 14.4 Å². The van der Waals surface area contributed by atoms with E-state index in [1.54, 1.807) is 80.8 Å². The smallest absolute Gasteiger partial charge is 0.341 e. The van der Waals surface area contributed by atoms with Gasteiger partial charge in [0.05, 0.1) is 32.1 Å². The number of fused-ring (bicyclic) bond motifs is 1. The second-order valence-corrected chi connectivity index (χ2v) is 13.6. The van der Waals surface area contributed by atoms with Crippen LogP contribution in [-0.4, -0.2) is 50.3 Å². The lowest BCUT2D eigenvalue weighted by Gasteiger charge is -2.15. The molecule has 254 valence electrons. The lowest BCUT2D eigenvalue weighted by atomic mass is 9.95. The third kappa shape index (κ3) is 8.70. The number of thiophene rings is 1. The van der Waals surface area contributed by atoms with Gasteiger partial charge in [-0.2, -0.15) is 0 Å². The molecule has 0 saturated carbocycles. The molecule has 1 heterocycles. The highest BCUT2D eigenvalue weighted by molar-refractivity contribution is 8.00. The van der Waals surface area contributed by atoms with Gasteiger partial charge in [0, 0.05) is 32.7 Å². The minimum atomic E-state index is -0.563. The summed E-state index contributed by atoms with van der Waals surface area (Å²) in [5.74, 6) is -0.704. The minimum Gasteiger partial charge on any atom is -0.497 e. The van der Waals surface area contributed by atoms with E-state index >= 15 is 0 Å². The summed E-state index contributed by atoms with van der Waals surface area (Å²) in [7, 11) is 4.39. The van der Waals surface area contributed by atoms with Crippen LogP contribution in [-0.2, 0) is 27.2 Å². The number of nitrogens with one attached hydrogen (secondary N) is 3. The Bertz CT molecular complexity index is 1890. The second kappa shape index (κ2) is 16.4. The average Bonchev–Trinajstić information content (AvgIpc) is 3.49. The molecule has 5 rings (SSSR count). The average molecular weight is 700 g/mol. The van der Waals surface area contributed by atoms with Crippen LogP contribution in [0.2, 0.25) is 0 Å². The maximum absolute atomic E-state index is 13.7. The normalized spacial score (nSPS) is 13.0. The molecule has 0 spiro atoms. The molecule has 0 saturated heterocycles. The third-order valence-corrected chi connectivity index (χ3v) is 10.1. The number of carbonyl (C=O) groups excluding carboxylic acids is 4. The maximum Gasteiger partial charge on any atom is 0.341 e. The molecule has 3 amide bonds. The van der Waals surface area contributed by atoms with Gasteiger partial charge in [0.1, 0.15) is 22.2 Å². The SMILES string of the molecule is COC(=O)c1c(NC(=O)C(C)Sc2cccc(NC(=O)/C(=C\c3ccc(OC)cc3OC)NC(=O)c3ccccc3)c2)sc2c1CCCC2. The summed E-state index contributed by atoms with van der Waals surface area (Å²) in [4.78, 5) is 54.6. The molecule has 1 aromatic heterocycles. The lowest BCUT2D eigenvalue weighted by Crippen LogP contribution is -2.30. The highest BCUT2D eigenvalue weighted by Gasteiger charge is 2.28. The van der Waals surface area contributed by atoms with Gasteiger partial charge >= 0.3 is 5.97 Å². The summed E-state index contributed by atoms with van der Waals surface area (Å²) in [6.07, 6.45) is 5.24. The number of thioether (sulfide) groups is 1. The standard InChI is InChI=1S/C37H37N3O7S2/c1-22(33(41)40-36-32(37(44)47-4)28-15-8-9-16-31(28)49-36)48-27-14-10-13-25(20-27)38-35(43)29(39-34(42)23-11-6-5-7-12-23)19-24-17-18-26(45-2)21-30(24)46-3/h5-7,10-14,17-22H,8-9,15-16H2,1-4H3,(H,38,43)(H,39,42)(H,40,41)/b29-19+. The summed E-state index contributed by atoms with van der Waals surface area (Å²) < 4.78 is 15.8. The Morgan fingerprint density at radius 3 is 2.39 bits per heavy atom. The Morgan fingerprint density at radius 1 is 0.878 bits per heavy atom. The Kier molecular flexibility index (Phi) is 11.8. The molecule has 1 aliphatic carbocycles. The fourth-order valence-electron chi connectivity index (χ4n) is 5.32. The van der Waals surface area contributed by atoms with E-state index in [-0.39, 0.29) is 11.6 Å². The summed E-state index contributed by atoms with van der Waals surface area (Å²) in [6.45, 7) is 1.78. The van der Waals surface area contributed by atoms with E-state index in [4.69, 9.17) is 14.2 Å². The molecule has 49 heavy (non-hydrogen) atoms. The van der Waals surface area contributed by atoms with E-state index in [2.05, 4.69) is 16.0 Å². The zero-order valence-corrected chi connectivity index (χ0v) is 29.2. The lowest BCUT2D eigenvalue weighted by molar-refractivity contribution is -0.115. The van der Waals surface area contributed by atoms with Crippen molar-refractivity contribution in [2.75, 3.05) is 32.0 Å². The van der Waals surface area contributed by atoms with Crippen LogP contribution in [0.3, 0.4) is 0 Å². The second-order valence-electron chi connectivity index (χ2n) is 11.1. The van der Waals surface area contributed by atoms with Crippen LogP contribution in [0.1, 0.15) is 56.5 Å². The fraction of sp³-hybridized carbons (Fsp3) is 0.243. The van der Waals surface area contributed by atoms with Crippen LogP contribution in [0.25, 0.3) is 6.08 Å². The first-order chi connectivity index (χ1) is 23.7. The molecule has 0 aliphatic heterocycles. The topological polar surface area (TPSA) is 132 Å². The van der Waals surface area contributed by atoms with Gasteiger partial charge in [-0.05, 0) is 86.7 Å². The molecule has 12 heteroatoms. The predicted molar refractivity (Wildman–Crippen MR) is 193 cm³/mol. The van der Waals surface area contributed by atoms with E-state index < -0.39 is 23.0 Å². The number of amides is 3. The zero-order valence-electron chi connectivity index (χ0n) is 27.6. The highest BCUT2D eigenvalue weighted by atomic mass is 32.2. The van der Waals surface area contributed by atoms with Gasteiger partial charge in [-0.25, -0.2) is 4.79 Å². The number of ether oxygens (including phenoxy) is 3. The number of hydrogen-bond donors (Lipinski definition) is 3. The van der Waals surface area contributed by atoms with Crippen LogP contribution in [0.5, 0.6) is 11.5 Å². The van der Waals surface area contributed by atoms with Gasteiger partial charge in [-0.1, -0.05) is 24.3 Å². The Labute approximate surface area is 293 Å². The van der Waals surface area contributed by atoms with E-state index in [9.17, 15) is 19.2 Å². The molecule has 10 nitrogen and oxygen atoms in total. The summed E-state index contributed by atoms with van der Waals surface area (Å²) >= 11 is 2.74. The van der Waals surface area contributed by atoms with Gasteiger partial charge in [-0.15, -0.1) is 23.1 Å². The summed E-state index contributed by atoms with van der Waals surface area (Å²) in [5.41, 5.74) is 2.81. The molecule has 0 radical (unpaired) electrons. The first-order valence-electron chi connectivity index (χ1n) is 15.6. The third-order valence-electron chi connectivity index (χ3n) is 7.84. The van der Waals surface area contributed by atoms with Crippen molar-refractivity contribution in [3.05, 3.63) is 106 Å². The minimum absolute atomic E-state index is 0.0109. The van der Waals surface area contributed by atoms with E-state index in [0.717, 1.165) is 41.0 Å². The highest BCUT2D eigenvalue weighted by Crippen LogP contribution is 2.39. The Hall–Kier alpha value is -5.07. The molecule has 4 aromatic rings. The van der Waals surface area contributed by atoms with Crippen molar-refractivity contribution in [3.8, 4) is 11.5 Å². The zero-order chi connectivity index (χ0) is 34.9. The largest absolute Gasteiger partial charge is 0.497 e. The van der Waals surface area contributed by atoms with Crippen LogP contribution >= 0.6 is 23.1 Å². The number of methoxy groups -OCH3 is 3. The molecule has 1 aliphatic rings. The van der Waals surface area contributed by atoms with Crippen molar-refractivity contribution < 1.29 is 33.4 Å². The monoisotopic (exact) mass is 699 g/mol. The number of anilines is 2. The number of esters is 1. The van der Waals surface area contributed by atoms with Crippen molar-refractivity contribution in [2.24, 2.45) is 0 Å². The number of carbonyl (C=O) groups is 4. The summed E-state index contributed by atoms with van der Waals surface area (Å²) in [5, 5.41) is 8.55. The number of benzene rings is 3. The van der Waals surface area contributed by atoms with Gasteiger partial charge in [0.2, 0.25) is 5.91 Å². The predicted octanol–water partition coefficient (Wildman–Crippen LogP) is 6.96. The van der Waals surface area contributed by atoms with E-state index in [1.165, 1.54) is 43.4 Å². The molecule has 1 unspecified atom stereocenters. The van der Waals surface area contributed by atoms with Crippen molar-refractivity contribution in [2.45, 2.75) is 42.8 Å². The molecule has 1 atom stereocenters. The van der Waals surface area contributed by atoms with E-state index in [0.29, 0.717) is 38.9 Å². The Balaban J connectivity index is 1.33. The molecular weight excluding hydrogens is 663 g/mol. The van der Waals surface area contributed by atoms with Gasteiger partial charge < -0.3 is 30.2 Å². The van der Waals surface area contributed by atoms with Crippen LogP contribution < -0.4 is 25.4 Å².